The first-order valence-electron chi connectivity index (χ1n) is 10.3. The third-order valence-electron chi connectivity index (χ3n) is 5.62. The maximum Gasteiger partial charge on any atom is 0.255 e. The Balaban J connectivity index is 1.47. The van der Waals surface area contributed by atoms with Crippen molar-refractivity contribution in [3.63, 3.8) is 0 Å². The maximum absolute atomic E-state index is 12.8. The lowest BCUT2D eigenvalue weighted by Gasteiger charge is -2.30. The molecule has 0 spiro atoms. The number of anilines is 2. The van der Waals surface area contributed by atoms with Crippen molar-refractivity contribution in [3.05, 3.63) is 58.6 Å². The molecule has 2 heterocycles. The molecular formula is C23H24ClN3O3. The Hall–Kier alpha value is -2.86. The summed E-state index contributed by atoms with van der Waals surface area (Å²) >= 11 is 6.18. The second-order valence-electron chi connectivity index (χ2n) is 7.73. The standard InChI is InChI=1S/C23H24ClN3O3/c24-18-8-9-20(26-12-2-1-3-13-26)19(14-18)25-23(30)17-6-4-16(5-7-17)15-27-21(28)10-11-22(27)29/h4-9,14H,1-3,10-13,15H2,(H,25,30). The highest BCUT2D eigenvalue weighted by Gasteiger charge is 2.28. The number of amides is 3. The molecule has 2 aromatic carbocycles. The minimum Gasteiger partial charge on any atom is -0.370 e. The molecule has 0 aromatic heterocycles. The van der Waals surface area contributed by atoms with E-state index in [0.717, 1.165) is 37.2 Å². The van der Waals surface area contributed by atoms with Crippen molar-refractivity contribution in [2.24, 2.45) is 0 Å². The number of nitrogens with one attached hydrogen (secondary N) is 1. The Morgan fingerprint density at radius 2 is 1.60 bits per heavy atom. The molecule has 2 aliphatic rings. The number of carbonyl (C=O) groups is 3. The highest BCUT2D eigenvalue weighted by molar-refractivity contribution is 6.31. The molecule has 0 bridgehead atoms. The molecule has 6 nitrogen and oxygen atoms in total. The largest absolute Gasteiger partial charge is 0.370 e. The minimum atomic E-state index is -0.226. The van der Waals surface area contributed by atoms with E-state index in [4.69, 9.17) is 11.6 Å². The zero-order chi connectivity index (χ0) is 21.1. The van der Waals surface area contributed by atoms with Gasteiger partial charge in [-0.05, 0) is 55.2 Å². The number of likely N-dealkylation sites (tertiary alicyclic amines) is 1. The second-order valence-corrected chi connectivity index (χ2v) is 8.17. The van der Waals surface area contributed by atoms with Crippen LogP contribution in [0.15, 0.2) is 42.5 Å². The van der Waals surface area contributed by atoms with Gasteiger partial charge in [0.05, 0.1) is 17.9 Å². The van der Waals surface area contributed by atoms with E-state index in [9.17, 15) is 14.4 Å². The van der Waals surface area contributed by atoms with Crippen LogP contribution in [0.1, 0.15) is 48.0 Å². The van der Waals surface area contributed by atoms with Gasteiger partial charge in [-0.25, -0.2) is 0 Å². The van der Waals surface area contributed by atoms with Crippen molar-refractivity contribution < 1.29 is 14.4 Å². The number of halogens is 1. The molecule has 2 aliphatic heterocycles. The van der Waals surface area contributed by atoms with Gasteiger partial charge in [-0.2, -0.15) is 0 Å². The SMILES string of the molecule is O=C(Nc1cc(Cl)ccc1N1CCCCC1)c1ccc(CN2C(=O)CCC2=O)cc1. The Labute approximate surface area is 180 Å². The van der Waals surface area contributed by atoms with Crippen LogP contribution in [-0.2, 0) is 16.1 Å². The number of rotatable bonds is 5. The third-order valence-corrected chi connectivity index (χ3v) is 5.85. The topological polar surface area (TPSA) is 69.7 Å². The van der Waals surface area contributed by atoms with Crippen LogP contribution in [0.5, 0.6) is 0 Å². The first-order valence-corrected chi connectivity index (χ1v) is 10.7. The quantitative estimate of drug-likeness (QED) is 0.728. The van der Waals surface area contributed by atoms with Crippen molar-refractivity contribution >= 4 is 40.7 Å². The van der Waals surface area contributed by atoms with E-state index >= 15 is 0 Å². The summed E-state index contributed by atoms with van der Waals surface area (Å²) in [5.74, 6) is -0.517. The monoisotopic (exact) mass is 425 g/mol. The van der Waals surface area contributed by atoms with Crippen molar-refractivity contribution in [1.82, 2.24) is 4.90 Å². The molecule has 0 atom stereocenters. The van der Waals surface area contributed by atoms with Gasteiger partial charge in [0.2, 0.25) is 11.8 Å². The Kier molecular flexibility index (Phi) is 6.04. The number of hydrogen-bond donors (Lipinski definition) is 1. The summed E-state index contributed by atoms with van der Waals surface area (Å²) in [6, 6.07) is 12.5. The molecule has 1 N–H and O–H groups in total. The van der Waals surface area contributed by atoms with E-state index in [0.29, 0.717) is 16.3 Å². The van der Waals surface area contributed by atoms with Crippen molar-refractivity contribution in [3.8, 4) is 0 Å². The summed E-state index contributed by atoms with van der Waals surface area (Å²) in [6.45, 7) is 2.17. The lowest BCUT2D eigenvalue weighted by molar-refractivity contribution is -0.139. The number of imide groups is 1. The van der Waals surface area contributed by atoms with E-state index in [-0.39, 0.29) is 37.1 Å². The van der Waals surface area contributed by atoms with Crippen molar-refractivity contribution in [1.29, 1.82) is 0 Å². The molecule has 4 rings (SSSR count). The fourth-order valence-corrected chi connectivity index (χ4v) is 4.13. The van der Waals surface area contributed by atoms with Crippen LogP contribution in [0.25, 0.3) is 0 Å². The highest BCUT2D eigenvalue weighted by atomic mass is 35.5. The summed E-state index contributed by atoms with van der Waals surface area (Å²) in [4.78, 5) is 39.9. The molecule has 0 radical (unpaired) electrons. The molecule has 0 unspecified atom stereocenters. The van der Waals surface area contributed by atoms with E-state index in [1.165, 1.54) is 11.3 Å². The molecule has 2 aromatic rings. The van der Waals surface area contributed by atoms with Crippen molar-refractivity contribution in [2.45, 2.75) is 38.6 Å². The maximum atomic E-state index is 12.8. The lowest BCUT2D eigenvalue weighted by atomic mass is 10.1. The zero-order valence-electron chi connectivity index (χ0n) is 16.7. The molecule has 3 amide bonds. The van der Waals surface area contributed by atoms with Gasteiger partial charge in [0.25, 0.3) is 5.91 Å². The van der Waals surface area contributed by atoms with Crippen molar-refractivity contribution in [2.75, 3.05) is 23.3 Å². The van der Waals surface area contributed by atoms with Gasteiger partial charge < -0.3 is 10.2 Å². The zero-order valence-corrected chi connectivity index (χ0v) is 17.5. The molecule has 2 fully saturated rings. The number of carbonyl (C=O) groups excluding carboxylic acids is 3. The van der Waals surface area contributed by atoms with Crippen LogP contribution in [0.2, 0.25) is 5.02 Å². The van der Waals surface area contributed by atoms with E-state index in [2.05, 4.69) is 10.2 Å². The third kappa shape index (κ3) is 4.49. The van der Waals surface area contributed by atoms with Gasteiger partial charge >= 0.3 is 0 Å². The fourth-order valence-electron chi connectivity index (χ4n) is 3.96. The van der Waals surface area contributed by atoms with Gasteiger partial charge in [0.1, 0.15) is 0 Å². The summed E-state index contributed by atoms with van der Waals surface area (Å²) in [7, 11) is 0. The smallest absolute Gasteiger partial charge is 0.255 e. The molecular weight excluding hydrogens is 402 g/mol. The molecule has 2 saturated heterocycles. The Morgan fingerprint density at radius 3 is 2.27 bits per heavy atom. The van der Waals surface area contributed by atoms with E-state index in [1.54, 1.807) is 30.3 Å². The van der Waals surface area contributed by atoms with E-state index < -0.39 is 0 Å². The molecule has 7 heteroatoms. The fraction of sp³-hybridized carbons (Fsp3) is 0.348. The molecule has 0 saturated carbocycles. The normalized spacial score (nSPS) is 16.8. The molecule has 156 valence electrons. The van der Waals surface area contributed by atoms with Crippen LogP contribution in [0.4, 0.5) is 11.4 Å². The number of benzene rings is 2. The Bertz CT molecular complexity index is 952. The van der Waals surface area contributed by atoms with Crippen LogP contribution in [0, 0.1) is 0 Å². The predicted molar refractivity (Wildman–Crippen MR) is 117 cm³/mol. The average molecular weight is 426 g/mol. The van der Waals surface area contributed by atoms with Gasteiger partial charge in [0, 0.05) is 36.5 Å². The van der Waals surface area contributed by atoms with E-state index in [1.807, 2.05) is 12.1 Å². The number of piperidine rings is 1. The number of nitrogens with zero attached hydrogens (tertiary/aromatic N) is 2. The lowest BCUT2D eigenvalue weighted by Crippen LogP contribution is -2.30. The summed E-state index contributed by atoms with van der Waals surface area (Å²) < 4.78 is 0. The highest BCUT2D eigenvalue weighted by Crippen LogP contribution is 2.31. The summed E-state index contributed by atoms with van der Waals surface area (Å²) in [5.41, 5.74) is 3.00. The van der Waals surface area contributed by atoms with Gasteiger partial charge in [-0.15, -0.1) is 0 Å². The summed E-state index contributed by atoms with van der Waals surface area (Å²) in [5, 5.41) is 3.56. The first kappa shape index (κ1) is 20.4. The van der Waals surface area contributed by atoms with Crippen LogP contribution >= 0.6 is 11.6 Å². The molecule has 30 heavy (non-hydrogen) atoms. The molecule has 0 aliphatic carbocycles. The Morgan fingerprint density at radius 1 is 0.933 bits per heavy atom. The van der Waals surface area contributed by atoms with Crippen LogP contribution < -0.4 is 10.2 Å². The minimum absolute atomic E-state index is 0.145. The van der Waals surface area contributed by atoms with Gasteiger partial charge in [-0.1, -0.05) is 23.7 Å². The van der Waals surface area contributed by atoms with Crippen LogP contribution in [0.3, 0.4) is 0 Å². The predicted octanol–water partition coefficient (Wildman–Crippen LogP) is 4.23. The first-order chi connectivity index (χ1) is 14.5. The average Bonchev–Trinajstić information content (AvgIpc) is 3.07. The second kappa shape index (κ2) is 8.88. The van der Waals surface area contributed by atoms with Gasteiger partial charge in [-0.3, -0.25) is 19.3 Å². The van der Waals surface area contributed by atoms with Crippen LogP contribution in [-0.4, -0.2) is 35.7 Å². The van der Waals surface area contributed by atoms with Gasteiger partial charge in [0.15, 0.2) is 0 Å². The summed E-state index contributed by atoms with van der Waals surface area (Å²) in [6.07, 6.45) is 4.06. The number of hydrogen-bond acceptors (Lipinski definition) is 4.